The maximum atomic E-state index is 12.4. The summed E-state index contributed by atoms with van der Waals surface area (Å²) in [4.78, 5) is 18.8. The number of thiazole rings is 1. The molecule has 0 aliphatic heterocycles. The molecule has 0 radical (unpaired) electrons. The van der Waals surface area contributed by atoms with Crippen molar-refractivity contribution in [3.05, 3.63) is 74.2 Å². The first-order valence-corrected chi connectivity index (χ1v) is 9.53. The number of hydrogen-bond donors (Lipinski definition) is 1. The Kier molecular flexibility index (Phi) is 5.81. The van der Waals surface area contributed by atoms with Crippen LogP contribution in [0.5, 0.6) is 0 Å². The minimum atomic E-state index is -0.240. The van der Waals surface area contributed by atoms with Crippen LogP contribution in [0.3, 0.4) is 0 Å². The molecule has 0 saturated heterocycles. The standard InChI is InChI=1S/C19H17Cl2N3OS/c1-24(2)13-8-6-12(7-9-13)22-19(25)17-11-26-18(23-17)10-14-15(20)4-3-5-16(14)21/h3-9,11H,10H2,1-2H3,(H,22,25). The van der Waals surface area contributed by atoms with Crippen LogP contribution in [0.15, 0.2) is 47.8 Å². The number of nitrogens with one attached hydrogen (secondary N) is 1. The largest absolute Gasteiger partial charge is 0.378 e. The number of amides is 1. The van der Waals surface area contributed by atoms with Gasteiger partial charge in [0.15, 0.2) is 0 Å². The van der Waals surface area contributed by atoms with Gasteiger partial charge in [0.05, 0.1) is 5.01 Å². The average Bonchev–Trinajstić information content (AvgIpc) is 3.07. The summed E-state index contributed by atoms with van der Waals surface area (Å²) in [7, 11) is 3.94. The van der Waals surface area contributed by atoms with Crippen molar-refractivity contribution in [2.24, 2.45) is 0 Å². The molecule has 26 heavy (non-hydrogen) atoms. The van der Waals surface area contributed by atoms with E-state index >= 15 is 0 Å². The molecule has 0 aliphatic carbocycles. The van der Waals surface area contributed by atoms with Gasteiger partial charge in [0, 0.05) is 47.3 Å². The number of benzene rings is 2. The monoisotopic (exact) mass is 405 g/mol. The molecule has 1 amide bonds. The van der Waals surface area contributed by atoms with Gasteiger partial charge in [-0.1, -0.05) is 29.3 Å². The van der Waals surface area contributed by atoms with E-state index in [9.17, 15) is 4.79 Å². The van der Waals surface area contributed by atoms with E-state index in [-0.39, 0.29) is 5.91 Å². The third-order valence-corrected chi connectivity index (χ3v) is 5.37. The Hall–Kier alpha value is -2.08. The Morgan fingerprint density at radius 1 is 1.12 bits per heavy atom. The summed E-state index contributed by atoms with van der Waals surface area (Å²) in [6, 6.07) is 13.0. The number of carbonyl (C=O) groups is 1. The van der Waals surface area contributed by atoms with E-state index in [1.54, 1.807) is 23.6 Å². The fraction of sp³-hybridized carbons (Fsp3) is 0.158. The molecular weight excluding hydrogens is 389 g/mol. The van der Waals surface area contributed by atoms with E-state index in [1.807, 2.05) is 43.3 Å². The summed E-state index contributed by atoms with van der Waals surface area (Å²) in [6.07, 6.45) is 0.494. The van der Waals surface area contributed by atoms with E-state index in [4.69, 9.17) is 23.2 Å². The highest BCUT2D eigenvalue weighted by molar-refractivity contribution is 7.09. The Morgan fingerprint density at radius 2 is 1.77 bits per heavy atom. The predicted molar refractivity (Wildman–Crippen MR) is 110 cm³/mol. The van der Waals surface area contributed by atoms with E-state index < -0.39 is 0 Å². The zero-order chi connectivity index (χ0) is 18.7. The van der Waals surface area contributed by atoms with E-state index in [1.165, 1.54) is 11.3 Å². The van der Waals surface area contributed by atoms with Crippen LogP contribution in [0.2, 0.25) is 10.0 Å². The summed E-state index contributed by atoms with van der Waals surface area (Å²) in [6.45, 7) is 0. The van der Waals surface area contributed by atoms with Crippen LogP contribution in [0.25, 0.3) is 0 Å². The van der Waals surface area contributed by atoms with E-state index in [0.717, 1.165) is 21.9 Å². The van der Waals surface area contributed by atoms with Crippen molar-refractivity contribution in [1.29, 1.82) is 0 Å². The first-order valence-electron chi connectivity index (χ1n) is 7.90. The molecule has 0 aliphatic rings. The normalized spacial score (nSPS) is 10.6. The van der Waals surface area contributed by atoms with Gasteiger partial charge in [-0.05, 0) is 42.0 Å². The molecule has 0 saturated carbocycles. The van der Waals surface area contributed by atoms with Crippen molar-refractivity contribution in [2.75, 3.05) is 24.3 Å². The number of aromatic nitrogens is 1. The number of rotatable bonds is 5. The molecule has 2 aromatic carbocycles. The topological polar surface area (TPSA) is 45.2 Å². The molecule has 134 valence electrons. The molecule has 0 unspecified atom stereocenters. The highest BCUT2D eigenvalue weighted by atomic mass is 35.5. The molecule has 4 nitrogen and oxygen atoms in total. The van der Waals surface area contributed by atoms with Gasteiger partial charge in [-0.2, -0.15) is 0 Å². The highest BCUT2D eigenvalue weighted by Gasteiger charge is 2.14. The summed E-state index contributed by atoms with van der Waals surface area (Å²) < 4.78 is 0. The maximum Gasteiger partial charge on any atom is 0.275 e. The number of anilines is 2. The molecule has 0 bridgehead atoms. The molecular formula is C19H17Cl2N3OS. The number of carbonyl (C=O) groups excluding carboxylic acids is 1. The van der Waals surface area contributed by atoms with Crippen molar-refractivity contribution in [3.63, 3.8) is 0 Å². The SMILES string of the molecule is CN(C)c1ccc(NC(=O)c2csc(Cc3c(Cl)cccc3Cl)n2)cc1. The smallest absolute Gasteiger partial charge is 0.275 e. The van der Waals surface area contributed by atoms with Crippen molar-refractivity contribution in [1.82, 2.24) is 4.98 Å². The lowest BCUT2D eigenvalue weighted by Gasteiger charge is -2.12. The third-order valence-electron chi connectivity index (χ3n) is 3.82. The van der Waals surface area contributed by atoms with Crippen LogP contribution in [0.4, 0.5) is 11.4 Å². The van der Waals surface area contributed by atoms with Crippen LogP contribution in [0.1, 0.15) is 21.1 Å². The fourth-order valence-corrected chi connectivity index (χ4v) is 3.70. The summed E-state index contributed by atoms with van der Waals surface area (Å²) >= 11 is 13.8. The molecule has 7 heteroatoms. The Balaban J connectivity index is 1.70. The van der Waals surface area contributed by atoms with Crippen LogP contribution >= 0.6 is 34.5 Å². The second-order valence-electron chi connectivity index (χ2n) is 5.90. The molecule has 1 heterocycles. The Morgan fingerprint density at radius 3 is 2.38 bits per heavy atom. The van der Waals surface area contributed by atoms with E-state index in [2.05, 4.69) is 10.3 Å². The Labute approximate surface area is 166 Å². The lowest BCUT2D eigenvalue weighted by molar-refractivity contribution is 0.102. The van der Waals surface area contributed by atoms with Gasteiger partial charge in [-0.3, -0.25) is 4.79 Å². The van der Waals surface area contributed by atoms with Gasteiger partial charge >= 0.3 is 0 Å². The number of hydrogen-bond acceptors (Lipinski definition) is 4. The molecule has 3 rings (SSSR count). The van der Waals surface area contributed by atoms with Crippen LogP contribution in [0, 0.1) is 0 Å². The van der Waals surface area contributed by atoms with Gasteiger partial charge < -0.3 is 10.2 Å². The summed E-state index contributed by atoms with van der Waals surface area (Å²) in [5.41, 5.74) is 2.99. The quantitative estimate of drug-likeness (QED) is 0.621. The van der Waals surface area contributed by atoms with Crippen molar-refractivity contribution in [3.8, 4) is 0 Å². The average molecular weight is 406 g/mol. The van der Waals surface area contributed by atoms with Gasteiger partial charge in [-0.25, -0.2) is 4.98 Å². The second kappa shape index (κ2) is 8.08. The lowest BCUT2D eigenvalue weighted by Crippen LogP contribution is -2.13. The summed E-state index contributed by atoms with van der Waals surface area (Å²) in [5.74, 6) is -0.240. The first kappa shape index (κ1) is 18.7. The van der Waals surface area contributed by atoms with Gasteiger partial charge in [0.2, 0.25) is 0 Å². The zero-order valence-corrected chi connectivity index (χ0v) is 16.6. The molecule has 0 spiro atoms. The Bertz CT molecular complexity index is 903. The first-order chi connectivity index (χ1) is 12.4. The highest BCUT2D eigenvalue weighted by Crippen LogP contribution is 2.28. The molecule has 0 fully saturated rings. The summed E-state index contributed by atoms with van der Waals surface area (Å²) in [5, 5.41) is 6.58. The molecule has 0 atom stereocenters. The van der Waals surface area contributed by atoms with Gasteiger partial charge in [0.25, 0.3) is 5.91 Å². The zero-order valence-electron chi connectivity index (χ0n) is 14.3. The van der Waals surface area contributed by atoms with E-state index in [0.29, 0.717) is 22.2 Å². The fourth-order valence-electron chi connectivity index (χ4n) is 2.39. The minimum absolute atomic E-state index is 0.240. The van der Waals surface area contributed by atoms with Gasteiger partial charge in [-0.15, -0.1) is 11.3 Å². The van der Waals surface area contributed by atoms with Gasteiger partial charge in [0.1, 0.15) is 5.69 Å². The lowest BCUT2D eigenvalue weighted by atomic mass is 10.1. The number of nitrogens with zero attached hydrogens (tertiary/aromatic N) is 2. The van der Waals surface area contributed by atoms with Crippen LogP contribution in [-0.2, 0) is 6.42 Å². The molecule has 1 N–H and O–H groups in total. The molecule has 1 aromatic heterocycles. The third kappa shape index (κ3) is 4.36. The van der Waals surface area contributed by atoms with Crippen molar-refractivity contribution in [2.45, 2.75) is 6.42 Å². The minimum Gasteiger partial charge on any atom is -0.378 e. The molecule has 3 aromatic rings. The van der Waals surface area contributed by atoms with Crippen LogP contribution < -0.4 is 10.2 Å². The van der Waals surface area contributed by atoms with Crippen molar-refractivity contribution < 1.29 is 4.79 Å². The van der Waals surface area contributed by atoms with Crippen molar-refractivity contribution >= 4 is 51.8 Å². The number of halogens is 2. The van der Waals surface area contributed by atoms with Crippen LogP contribution in [-0.4, -0.2) is 25.0 Å². The maximum absolute atomic E-state index is 12.4. The second-order valence-corrected chi connectivity index (χ2v) is 7.66. The predicted octanol–water partition coefficient (Wildman–Crippen LogP) is 5.36.